The first-order chi connectivity index (χ1) is 8.74. The Morgan fingerprint density at radius 3 is 2.89 bits per heavy atom. The Morgan fingerprint density at radius 1 is 1.50 bits per heavy atom. The second-order valence-electron chi connectivity index (χ2n) is 4.38. The van der Waals surface area contributed by atoms with Crippen molar-refractivity contribution in [2.24, 2.45) is 0 Å². The van der Waals surface area contributed by atoms with E-state index in [4.69, 9.17) is 9.47 Å². The summed E-state index contributed by atoms with van der Waals surface area (Å²) in [6.45, 7) is 4.44. The molecule has 18 heavy (non-hydrogen) atoms. The molecule has 2 rings (SSSR count). The van der Waals surface area contributed by atoms with Crippen LogP contribution in [0.25, 0.3) is 0 Å². The lowest BCUT2D eigenvalue weighted by Crippen LogP contribution is -2.47. The van der Waals surface area contributed by atoms with Gasteiger partial charge in [0, 0.05) is 18.2 Å². The van der Waals surface area contributed by atoms with Gasteiger partial charge in [0.2, 0.25) is 0 Å². The van der Waals surface area contributed by atoms with Crippen LogP contribution in [0.2, 0.25) is 0 Å². The van der Waals surface area contributed by atoms with Gasteiger partial charge in [0.25, 0.3) is 0 Å². The number of ether oxygens (including phenoxy) is 2. The predicted molar refractivity (Wildman–Crippen MR) is 68.5 cm³/mol. The molecule has 1 aliphatic rings. The second kappa shape index (κ2) is 5.98. The molecule has 0 bridgehead atoms. The van der Waals surface area contributed by atoms with Crippen molar-refractivity contribution in [3.8, 4) is 5.75 Å². The van der Waals surface area contributed by atoms with Gasteiger partial charge in [0.15, 0.2) is 6.29 Å². The van der Waals surface area contributed by atoms with Gasteiger partial charge in [-0.25, -0.2) is 0 Å². The van der Waals surface area contributed by atoms with Crippen LogP contribution in [0.4, 0.5) is 0 Å². The fraction of sp³-hybridized carbons (Fsp3) is 0.500. The third-order valence-electron chi connectivity index (χ3n) is 3.06. The zero-order valence-corrected chi connectivity index (χ0v) is 10.8. The molecule has 0 aliphatic carbocycles. The second-order valence-corrected chi connectivity index (χ2v) is 4.38. The minimum atomic E-state index is -0.266. The Morgan fingerprint density at radius 2 is 2.22 bits per heavy atom. The summed E-state index contributed by atoms with van der Waals surface area (Å²) in [5.74, 6) is 0.820. The van der Waals surface area contributed by atoms with Crippen LogP contribution in [0, 0.1) is 0 Å². The summed E-state index contributed by atoms with van der Waals surface area (Å²) < 4.78 is 11.1. The highest BCUT2D eigenvalue weighted by molar-refractivity contribution is 5.60. The average molecular weight is 249 g/mol. The Labute approximate surface area is 107 Å². The van der Waals surface area contributed by atoms with E-state index >= 15 is 0 Å². The van der Waals surface area contributed by atoms with E-state index in [9.17, 15) is 4.79 Å². The van der Waals surface area contributed by atoms with E-state index in [1.165, 1.54) is 0 Å². The molecule has 0 aromatic heterocycles. The van der Waals surface area contributed by atoms with Crippen LogP contribution in [0.15, 0.2) is 24.3 Å². The summed E-state index contributed by atoms with van der Waals surface area (Å²) >= 11 is 0. The zero-order valence-electron chi connectivity index (χ0n) is 10.8. The van der Waals surface area contributed by atoms with E-state index in [0.717, 1.165) is 24.0 Å². The van der Waals surface area contributed by atoms with Crippen LogP contribution in [-0.2, 0) is 9.53 Å². The number of nitrogens with one attached hydrogen (secondary N) is 1. The predicted octanol–water partition coefficient (Wildman–Crippen LogP) is 2.05. The summed E-state index contributed by atoms with van der Waals surface area (Å²) in [6, 6.07) is 8.04. The van der Waals surface area contributed by atoms with Crippen LogP contribution >= 0.6 is 0 Å². The van der Waals surface area contributed by atoms with E-state index in [1.54, 1.807) is 0 Å². The smallest absolute Gasteiger partial charge is 0.196 e. The number of carbonyl (C=O) groups is 1. The summed E-state index contributed by atoms with van der Waals surface area (Å²) in [6.07, 6.45) is 1.51. The van der Waals surface area contributed by atoms with E-state index in [1.807, 2.05) is 38.1 Å². The SMILES string of the molecule is CCOC(C)Oc1ccccc1C1CC(C=O)N1. The third kappa shape index (κ3) is 2.89. The molecule has 0 saturated carbocycles. The van der Waals surface area contributed by atoms with Crippen LogP contribution in [0.1, 0.15) is 31.9 Å². The standard InChI is InChI=1S/C14H19NO3/c1-3-17-10(2)18-14-7-5-4-6-12(14)13-8-11(9-16)15-13/h4-7,9-11,13,15H,3,8H2,1-2H3. The minimum absolute atomic E-state index is 0.0210. The molecular weight excluding hydrogens is 230 g/mol. The fourth-order valence-corrected chi connectivity index (χ4v) is 2.12. The molecule has 1 aliphatic heterocycles. The lowest BCUT2D eigenvalue weighted by Gasteiger charge is -2.35. The minimum Gasteiger partial charge on any atom is -0.465 e. The van der Waals surface area contributed by atoms with Crippen molar-refractivity contribution < 1.29 is 14.3 Å². The highest BCUT2D eigenvalue weighted by Crippen LogP contribution is 2.33. The summed E-state index contributed by atoms with van der Waals surface area (Å²) in [5, 5.41) is 3.20. The van der Waals surface area contributed by atoms with Gasteiger partial charge in [-0.05, 0) is 26.3 Å². The summed E-state index contributed by atoms with van der Waals surface area (Å²) in [5.41, 5.74) is 1.09. The normalized spacial score (nSPS) is 24.1. The first-order valence-electron chi connectivity index (χ1n) is 6.33. The molecule has 3 atom stereocenters. The molecule has 1 aromatic rings. The molecular formula is C14H19NO3. The number of benzene rings is 1. The van der Waals surface area contributed by atoms with E-state index in [0.29, 0.717) is 6.61 Å². The van der Waals surface area contributed by atoms with Gasteiger partial charge in [-0.15, -0.1) is 0 Å². The molecule has 4 heteroatoms. The quantitative estimate of drug-likeness (QED) is 0.619. The molecule has 1 saturated heterocycles. The topological polar surface area (TPSA) is 47.6 Å². The number of para-hydroxylation sites is 1. The van der Waals surface area contributed by atoms with Crippen molar-refractivity contribution in [1.29, 1.82) is 0 Å². The van der Waals surface area contributed by atoms with Crippen molar-refractivity contribution in [2.45, 2.75) is 38.6 Å². The molecule has 0 spiro atoms. The first kappa shape index (κ1) is 13.1. The Bertz CT molecular complexity index is 402. The van der Waals surface area contributed by atoms with Crippen molar-refractivity contribution in [3.05, 3.63) is 29.8 Å². The van der Waals surface area contributed by atoms with Crippen molar-refractivity contribution in [3.63, 3.8) is 0 Å². The molecule has 1 fully saturated rings. The molecule has 1 heterocycles. The Balaban J connectivity index is 2.04. The third-order valence-corrected chi connectivity index (χ3v) is 3.06. The Hall–Kier alpha value is -1.39. The maximum atomic E-state index is 10.6. The number of aldehydes is 1. The highest BCUT2D eigenvalue weighted by Gasteiger charge is 2.30. The molecule has 1 N–H and O–H groups in total. The largest absolute Gasteiger partial charge is 0.465 e. The van der Waals surface area contributed by atoms with Gasteiger partial charge in [0.05, 0.1) is 6.04 Å². The van der Waals surface area contributed by atoms with E-state index in [-0.39, 0.29) is 18.4 Å². The molecule has 0 amide bonds. The van der Waals surface area contributed by atoms with Gasteiger partial charge in [-0.3, -0.25) is 0 Å². The number of rotatable bonds is 6. The lowest BCUT2D eigenvalue weighted by atomic mass is 9.91. The maximum absolute atomic E-state index is 10.6. The van der Waals surface area contributed by atoms with Crippen LogP contribution < -0.4 is 10.1 Å². The van der Waals surface area contributed by atoms with Crippen LogP contribution in [-0.4, -0.2) is 25.2 Å². The first-order valence-corrected chi connectivity index (χ1v) is 6.33. The number of hydrogen-bond acceptors (Lipinski definition) is 4. The lowest BCUT2D eigenvalue weighted by molar-refractivity contribution is -0.111. The van der Waals surface area contributed by atoms with Crippen molar-refractivity contribution >= 4 is 6.29 Å². The van der Waals surface area contributed by atoms with Gasteiger partial charge < -0.3 is 19.6 Å². The zero-order chi connectivity index (χ0) is 13.0. The highest BCUT2D eigenvalue weighted by atomic mass is 16.7. The van der Waals surface area contributed by atoms with E-state index in [2.05, 4.69) is 5.32 Å². The average Bonchev–Trinajstić information content (AvgIpc) is 2.30. The molecule has 0 radical (unpaired) electrons. The number of hydrogen-bond donors (Lipinski definition) is 1. The van der Waals surface area contributed by atoms with Gasteiger partial charge in [0.1, 0.15) is 12.0 Å². The maximum Gasteiger partial charge on any atom is 0.196 e. The summed E-state index contributed by atoms with van der Waals surface area (Å²) in [4.78, 5) is 10.6. The van der Waals surface area contributed by atoms with Crippen LogP contribution in [0.3, 0.4) is 0 Å². The van der Waals surface area contributed by atoms with Crippen LogP contribution in [0.5, 0.6) is 5.75 Å². The van der Waals surface area contributed by atoms with E-state index < -0.39 is 0 Å². The number of carbonyl (C=O) groups excluding carboxylic acids is 1. The van der Waals surface area contributed by atoms with Gasteiger partial charge >= 0.3 is 0 Å². The molecule has 4 nitrogen and oxygen atoms in total. The van der Waals surface area contributed by atoms with Gasteiger partial charge in [-0.1, -0.05) is 18.2 Å². The van der Waals surface area contributed by atoms with Crippen molar-refractivity contribution in [2.75, 3.05) is 6.61 Å². The fourth-order valence-electron chi connectivity index (χ4n) is 2.12. The summed E-state index contributed by atoms with van der Waals surface area (Å²) in [7, 11) is 0. The molecule has 3 unspecified atom stereocenters. The van der Waals surface area contributed by atoms with Gasteiger partial charge in [-0.2, -0.15) is 0 Å². The molecule has 1 aromatic carbocycles. The Kier molecular flexibility index (Phi) is 4.33. The van der Waals surface area contributed by atoms with Crippen molar-refractivity contribution in [1.82, 2.24) is 5.32 Å². The monoisotopic (exact) mass is 249 g/mol. The molecule has 98 valence electrons.